The van der Waals surface area contributed by atoms with Gasteiger partial charge in [0, 0.05) is 24.9 Å². The first-order valence-corrected chi connectivity index (χ1v) is 7.63. The maximum absolute atomic E-state index is 12.7. The Kier molecular flexibility index (Phi) is 4.09. The molecule has 0 aliphatic carbocycles. The summed E-state index contributed by atoms with van der Waals surface area (Å²) in [6, 6.07) is 1.44. The van der Waals surface area contributed by atoms with Gasteiger partial charge in [0.05, 0.1) is 11.8 Å². The lowest BCUT2D eigenvalue weighted by molar-refractivity contribution is 0.0545. The lowest BCUT2D eigenvalue weighted by Crippen LogP contribution is -2.31. The molecule has 3 aromatic heterocycles. The van der Waals surface area contributed by atoms with E-state index in [2.05, 4.69) is 15.1 Å². The minimum Gasteiger partial charge on any atom is -0.443 e. The fourth-order valence-corrected chi connectivity index (χ4v) is 2.41. The molecule has 0 saturated heterocycles. The molecule has 0 bridgehead atoms. The van der Waals surface area contributed by atoms with Crippen molar-refractivity contribution in [1.82, 2.24) is 24.3 Å². The summed E-state index contributed by atoms with van der Waals surface area (Å²) >= 11 is 0. The number of ether oxygens (including phenoxy) is 1. The fraction of sp³-hybridized carbons (Fsp3) is 0.333. The van der Waals surface area contributed by atoms with Crippen LogP contribution >= 0.6 is 0 Å². The van der Waals surface area contributed by atoms with Crippen LogP contribution in [0.4, 0.5) is 4.79 Å². The van der Waals surface area contributed by atoms with Crippen LogP contribution in [0.5, 0.6) is 0 Å². The highest BCUT2D eigenvalue weighted by atomic mass is 16.6. The van der Waals surface area contributed by atoms with Crippen molar-refractivity contribution in [2.45, 2.75) is 26.4 Å². The molecule has 0 unspecified atom stereocenters. The van der Waals surface area contributed by atoms with Crippen molar-refractivity contribution in [2.24, 2.45) is 7.05 Å². The van der Waals surface area contributed by atoms with Crippen molar-refractivity contribution >= 4 is 29.8 Å². The molecule has 0 radical (unpaired) electrons. The smallest absolute Gasteiger partial charge is 0.443 e. The van der Waals surface area contributed by atoms with Crippen LogP contribution in [-0.4, -0.2) is 53.2 Å². The van der Waals surface area contributed by atoms with E-state index in [1.807, 2.05) is 0 Å². The van der Waals surface area contributed by atoms with Crippen LogP contribution < -0.4 is 5.46 Å². The van der Waals surface area contributed by atoms with E-state index in [1.165, 1.54) is 16.8 Å². The molecule has 2 N–H and O–H groups in total. The van der Waals surface area contributed by atoms with Crippen LogP contribution in [0, 0.1) is 0 Å². The summed E-state index contributed by atoms with van der Waals surface area (Å²) < 4.78 is 8.24. The van der Waals surface area contributed by atoms with E-state index < -0.39 is 18.8 Å². The molecule has 0 atom stereocenters. The second kappa shape index (κ2) is 5.98. The van der Waals surface area contributed by atoms with Crippen LogP contribution in [0.3, 0.4) is 0 Å². The zero-order valence-corrected chi connectivity index (χ0v) is 14.3. The van der Waals surface area contributed by atoms with Crippen LogP contribution in [0.1, 0.15) is 20.8 Å². The average Bonchev–Trinajstić information content (AvgIpc) is 3.07. The SMILES string of the molecule is Cn1cc(-c2nc3c(B(O)O)ccnc3n2C(=O)OC(C)(C)C)cn1. The molecule has 130 valence electrons. The van der Waals surface area contributed by atoms with Gasteiger partial charge in [-0.05, 0) is 26.8 Å². The third-order valence-corrected chi connectivity index (χ3v) is 3.39. The van der Waals surface area contributed by atoms with Crippen LogP contribution in [0.25, 0.3) is 22.6 Å². The third-order valence-electron chi connectivity index (χ3n) is 3.39. The Morgan fingerprint density at radius 2 is 2.04 bits per heavy atom. The molecule has 3 heterocycles. The van der Waals surface area contributed by atoms with Crippen molar-refractivity contribution in [2.75, 3.05) is 0 Å². The number of aromatic nitrogens is 5. The van der Waals surface area contributed by atoms with E-state index in [-0.39, 0.29) is 22.5 Å². The van der Waals surface area contributed by atoms with E-state index >= 15 is 0 Å². The predicted octanol–water partition coefficient (Wildman–Crippen LogP) is 0.295. The van der Waals surface area contributed by atoms with Gasteiger partial charge in [0.15, 0.2) is 11.5 Å². The first-order chi connectivity index (χ1) is 11.7. The summed E-state index contributed by atoms with van der Waals surface area (Å²) in [6.07, 6.45) is 3.96. The molecular formula is C15H18BN5O4. The molecule has 0 aliphatic heterocycles. The van der Waals surface area contributed by atoms with Gasteiger partial charge in [0.25, 0.3) is 0 Å². The summed E-state index contributed by atoms with van der Waals surface area (Å²) in [7, 11) is -0.000253. The first kappa shape index (κ1) is 17.1. The number of fused-ring (bicyclic) bond motifs is 1. The predicted molar refractivity (Wildman–Crippen MR) is 91.2 cm³/mol. The van der Waals surface area contributed by atoms with E-state index in [0.717, 1.165) is 0 Å². The van der Waals surface area contributed by atoms with E-state index in [9.17, 15) is 14.8 Å². The Hall–Kier alpha value is -2.72. The molecular weight excluding hydrogens is 325 g/mol. The maximum atomic E-state index is 12.7. The molecule has 0 fully saturated rings. The Morgan fingerprint density at radius 1 is 1.32 bits per heavy atom. The van der Waals surface area contributed by atoms with Gasteiger partial charge in [-0.2, -0.15) is 5.10 Å². The third kappa shape index (κ3) is 3.26. The van der Waals surface area contributed by atoms with Gasteiger partial charge in [-0.25, -0.2) is 19.3 Å². The number of carbonyl (C=O) groups is 1. The highest BCUT2D eigenvalue weighted by Crippen LogP contribution is 2.24. The van der Waals surface area contributed by atoms with Gasteiger partial charge < -0.3 is 14.8 Å². The van der Waals surface area contributed by atoms with Gasteiger partial charge >= 0.3 is 13.2 Å². The van der Waals surface area contributed by atoms with Crippen LogP contribution in [0.2, 0.25) is 0 Å². The highest BCUT2D eigenvalue weighted by molar-refractivity contribution is 6.61. The molecule has 10 heteroatoms. The number of aryl methyl sites for hydroxylation is 1. The second-order valence-electron chi connectivity index (χ2n) is 6.60. The summed E-state index contributed by atoms with van der Waals surface area (Å²) in [6.45, 7) is 5.26. The summed E-state index contributed by atoms with van der Waals surface area (Å²) in [5, 5.41) is 23.2. The van der Waals surface area contributed by atoms with Crippen molar-refractivity contribution < 1.29 is 19.6 Å². The Balaban J connectivity index is 2.27. The van der Waals surface area contributed by atoms with Gasteiger partial charge in [0.2, 0.25) is 0 Å². The quantitative estimate of drug-likeness (QED) is 0.643. The Morgan fingerprint density at radius 3 is 2.60 bits per heavy atom. The second-order valence-corrected chi connectivity index (χ2v) is 6.60. The minimum atomic E-state index is -1.74. The van der Waals surface area contributed by atoms with Gasteiger partial charge in [-0.15, -0.1) is 0 Å². The van der Waals surface area contributed by atoms with E-state index in [4.69, 9.17) is 4.74 Å². The molecule has 0 amide bonds. The summed E-state index contributed by atoms with van der Waals surface area (Å²) in [5.74, 6) is 0.262. The van der Waals surface area contributed by atoms with Crippen molar-refractivity contribution in [3.8, 4) is 11.4 Å². The fourth-order valence-electron chi connectivity index (χ4n) is 2.41. The maximum Gasteiger partial charge on any atom is 0.490 e. The number of nitrogens with zero attached hydrogens (tertiary/aromatic N) is 5. The number of hydrogen-bond acceptors (Lipinski definition) is 7. The number of carbonyl (C=O) groups excluding carboxylic acids is 1. The number of pyridine rings is 1. The standard InChI is InChI=1S/C15H18BN5O4/c1-15(2,3)25-14(22)21-12(9-7-18-20(4)8-9)19-11-10(16(23)24)5-6-17-13(11)21/h5-8,23-24H,1-4H3. The number of imidazole rings is 1. The van der Waals surface area contributed by atoms with Gasteiger partial charge in [0.1, 0.15) is 11.1 Å². The van der Waals surface area contributed by atoms with Gasteiger partial charge in [-0.1, -0.05) is 0 Å². The van der Waals surface area contributed by atoms with Crippen molar-refractivity contribution in [1.29, 1.82) is 0 Å². The van der Waals surface area contributed by atoms with Crippen LogP contribution in [0.15, 0.2) is 24.7 Å². The summed E-state index contributed by atoms with van der Waals surface area (Å²) in [4.78, 5) is 21.3. The molecule has 9 nitrogen and oxygen atoms in total. The first-order valence-electron chi connectivity index (χ1n) is 7.63. The zero-order chi connectivity index (χ0) is 18.4. The highest BCUT2D eigenvalue weighted by Gasteiger charge is 2.28. The van der Waals surface area contributed by atoms with E-state index in [0.29, 0.717) is 5.56 Å². The summed E-state index contributed by atoms with van der Waals surface area (Å²) in [5.41, 5.74) is 0.400. The lowest BCUT2D eigenvalue weighted by atomic mass is 9.80. The van der Waals surface area contributed by atoms with Crippen molar-refractivity contribution in [3.63, 3.8) is 0 Å². The molecule has 0 saturated carbocycles. The van der Waals surface area contributed by atoms with Crippen molar-refractivity contribution in [3.05, 3.63) is 24.7 Å². The van der Waals surface area contributed by atoms with Gasteiger partial charge in [-0.3, -0.25) is 4.68 Å². The number of rotatable bonds is 2. The van der Waals surface area contributed by atoms with E-state index in [1.54, 1.807) is 44.9 Å². The Bertz CT molecular complexity index is 941. The molecule has 0 aliphatic rings. The number of hydrogen-bond donors (Lipinski definition) is 2. The lowest BCUT2D eigenvalue weighted by Gasteiger charge is -2.20. The molecule has 25 heavy (non-hydrogen) atoms. The normalized spacial score (nSPS) is 11.8. The average molecular weight is 343 g/mol. The Labute approximate surface area is 144 Å². The zero-order valence-electron chi connectivity index (χ0n) is 14.3. The minimum absolute atomic E-state index is 0.150. The molecule has 0 aromatic carbocycles. The molecule has 3 aromatic rings. The topological polar surface area (TPSA) is 115 Å². The monoisotopic (exact) mass is 343 g/mol. The molecule has 3 rings (SSSR count). The largest absolute Gasteiger partial charge is 0.490 e. The van der Waals surface area contributed by atoms with Crippen LogP contribution in [-0.2, 0) is 11.8 Å². The molecule has 0 spiro atoms.